The van der Waals surface area contributed by atoms with E-state index in [1.54, 1.807) is 36.4 Å². The number of benzene rings is 2. The van der Waals surface area contributed by atoms with Gasteiger partial charge in [0.05, 0.1) is 5.69 Å². The van der Waals surface area contributed by atoms with Crippen LogP contribution in [-0.2, 0) is 12.8 Å². The van der Waals surface area contributed by atoms with Crippen LogP contribution in [0, 0.1) is 0 Å². The number of amides is 2. The molecule has 4 rings (SSSR count). The number of aryl methyl sites for hydroxylation is 1. The van der Waals surface area contributed by atoms with Crippen LogP contribution in [0.5, 0.6) is 0 Å². The molecule has 0 saturated carbocycles. The van der Waals surface area contributed by atoms with Crippen molar-refractivity contribution in [3.05, 3.63) is 83.0 Å². The van der Waals surface area contributed by atoms with Gasteiger partial charge in [0, 0.05) is 16.7 Å². The molecule has 28 heavy (non-hydrogen) atoms. The van der Waals surface area contributed by atoms with Crippen LogP contribution in [0.2, 0.25) is 0 Å². The van der Waals surface area contributed by atoms with Crippen molar-refractivity contribution in [1.29, 1.82) is 0 Å². The number of fused-ring (bicyclic) bond motifs is 1. The molecule has 1 aliphatic carbocycles. The van der Waals surface area contributed by atoms with Gasteiger partial charge in [0.25, 0.3) is 11.8 Å². The maximum atomic E-state index is 12.6. The van der Waals surface area contributed by atoms with Gasteiger partial charge in [-0.15, -0.1) is 0 Å². The monoisotopic (exact) mass is 372 g/mol. The first kappa shape index (κ1) is 17.9. The molecule has 0 radical (unpaired) electrons. The van der Waals surface area contributed by atoms with Gasteiger partial charge in [-0.05, 0) is 49.9 Å². The van der Waals surface area contributed by atoms with Gasteiger partial charge in [0.15, 0.2) is 0 Å². The normalized spacial score (nSPS) is 12.7. The lowest BCUT2D eigenvalue weighted by Crippen LogP contribution is -2.21. The van der Waals surface area contributed by atoms with Crippen LogP contribution in [0.4, 0.5) is 11.8 Å². The second kappa shape index (κ2) is 8.00. The topological polar surface area (TPSA) is 84.0 Å². The van der Waals surface area contributed by atoms with Crippen molar-refractivity contribution in [3.8, 4) is 0 Å². The molecule has 0 saturated heterocycles. The van der Waals surface area contributed by atoms with E-state index in [0.717, 1.165) is 36.9 Å². The molecule has 3 aromatic rings. The van der Waals surface area contributed by atoms with Crippen molar-refractivity contribution in [1.82, 2.24) is 9.97 Å². The first-order valence-corrected chi connectivity index (χ1v) is 9.33. The number of rotatable bonds is 4. The van der Waals surface area contributed by atoms with E-state index < -0.39 is 0 Å². The highest BCUT2D eigenvalue weighted by Crippen LogP contribution is 2.27. The van der Waals surface area contributed by atoms with Gasteiger partial charge in [0.2, 0.25) is 5.95 Å². The third kappa shape index (κ3) is 3.91. The summed E-state index contributed by atoms with van der Waals surface area (Å²) in [5.74, 6) is 0.170. The number of nitrogens with one attached hydrogen (secondary N) is 2. The second-order valence-electron chi connectivity index (χ2n) is 6.67. The van der Waals surface area contributed by atoms with Crippen LogP contribution in [0.25, 0.3) is 0 Å². The lowest BCUT2D eigenvalue weighted by molar-refractivity contribution is 0.101. The van der Waals surface area contributed by atoms with Crippen molar-refractivity contribution in [2.45, 2.75) is 25.7 Å². The van der Waals surface area contributed by atoms with Crippen LogP contribution >= 0.6 is 0 Å². The zero-order valence-corrected chi connectivity index (χ0v) is 15.3. The van der Waals surface area contributed by atoms with Gasteiger partial charge in [-0.2, -0.15) is 4.98 Å². The first-order valence-electron chi connectivity index (χ1n) is 9.33. The van der Waals surface area contributed by atoms with E-state index in [-0.39, 0.29) is 17.8 Å². The molecule has 0 bridgehead atoms. The minimum Gasteiger partial charge on any atom is -0.306 e. The van der Waals surface area contributed by atoms with Crippen molar-refractivity contribution < 1.29 is 9.59 Å². The van der Waals surface area contributed by atoms with Gasteiger partial charge >= 0.3 is 0 Å². The van der Waals surface area contributed by atoms with E-state index in [1.807, 2.05) is 24.3 Å². The third-order valence-corrected chi connectivity index (χ3v) is 4.71. The minimum absolute atomic E-state index is 0.206. The molecule has 6 nitrogen and oxygen atoms in total. The summed E-state index contributed by atoms with van der Waals surface area (Å²) in [6.45, 7) is 0. The smallest absolute Gasteiger partial charge is 0.258 e. The molecule has 0 fully saturated rings. The standard InChI is InChI=1S/C22H20N4O2/c27-20(15-9-3-1-4-10-15)24-19-17-13-7-8-14-18(17)23-22(25-19)26-21(28)16-11-5-2-6-12-16/h1-6,9-12H,7-8,13-14H2,(H2,23,24,25,26,27,28). The SMILES string of the molecule is O=C(Nc1nc2c(c(NC(=O)c3ccccc3)n1)CCCC2)c1ccccc1. The fourth-order valence-corrected chi connectivity index (χ4v) is 3.29. The summed E-state index contributed by atoms with van der Waals surface area (Å²) in [7, 11) is 0. The Morgan fingerprint density at radius 1 is 0.714 bits per heavy atom. The number of nitrogens with zero attached hydrogens (tertiary/aromatic N) is 2. The van der Waals surface area contributed by atoms with E-state index in [1.165, 1.54) is 0 Å². The predicted octanol–water partition coefficient (Wildman–Crippen LogP) is 3.86. The Bertz CT molecular complexity index is 1000. The van der Waals surface area contributed by atoms with Crippen LogP contribution < -0.4 is 10.6 Å². The molecule has 2 amide bonds. The lowest BCUT2D eigenvalue weighted by Gasteiger charge is -2.19. The second-order valence-corrected chi connectivity index (χ2v) is 6.67. The van der Waals surface area contributed by atoms with E-state index in [4.69, 9.17) is 0 Å². The molecule has 0 aliphatic heterocycles. The maximum Gasteiger partial charge on any atom is 0.258 e. The summed E-state index contributed by atoms with van der Waals surface area (Å²) in [6, 6.07) is 17.9. The number of anilines is 2. The Hall–Kier alpha value is -3.54. The van der Waals surface area contributed by atoms with Gasteiger partial charge < -0.3 is 5.32 Å². The van der Waals surface area contributed by atoms with Crippen molar-refractivity contribution in [2.24, 2.45) is 0 Å². The quantitative estimate of drug-likeness (QED) is 0.728. The summed E-state index contributed by atoms with van der Waals surface area (Å²) in [4.78, 5) is 34.0. The summed E-state index contributed by atoms with van der Waals surface area (Å²) in [5, 5.41) is 5.65. The van der Waals surface area contributed by atoms with E-state index in [9.17, 15) is 9.59 Å². The number of aromatic nitrogens is 2. The van der Waals surface area contributed by atoms with Crippen LogP contribution in [0.3, 0.4) is 0 Å². The molecule has 2 aromatic carbocycles. The molecule has 1 heterocycles. The highest BCUT2D eigenvalue weighted by Gasteiger charge is 2.20. The Kier molecular flexibility index (Phi) is 5.10. The number of hydrogen-bond donors (Lipinski definition) is 2. The summed E-state index contributed by atoms with van der Waals surface area (Å²) in [5.41, 5.74) is 2.92. The first-order chi connectivity index (χ1) is 13.7. The van der Waals surface area contributed by atoms with Gasteiger partial charge in [-0.3, -0.25) is 14.9 Å². The van der Waals surface area contributed by atoms with Crippen molar-refractivity contribution in [3.63, 3.8) is 0 Å². The Morgan fingerprint density at radius 3 is 1.93 bits per heavy atom. The molecule has 1 aromatic heterocycles. The fourth-order valence-electron chi connectivity index (χ4n) is 3.29. The fraction of sp³-hybridized carbons (Fsp3) is 0.182. The van der Waals surface area contributed by atoms with E-state index >= 15 is 0 Å². The maximum absolute atomic E-state index is 12.6. The Labute approximate surface area is 163 Å². The summed E-state index contributed by atoms with van der Waals surface area (Å²) >= 11 is 0. The van der Waals surface area contributed by atoms with Crippen LogP contribution in [0.15, 0.2) is 60.7 Å². The molecule has 0 atom stereocenters. The Morgan fingerprint density at radius 2 is 1.29 bits per heavy atom. The predicted molar refractivity (Wildman–Crippen MR) is 107 cm³/mol. The molecular weight excluding hydrogens is 352 g/mol. The average Bonchev–Trinajstić information content (AvgIpc) is 2.75. The molecule has 0 spiro atoms. The minimum atomic E-state index is -0.281. The number of carbonyl (C=O) groups is 2. The third-order valence-electron chi connectivity index (χ3n) is 4.71. The average molecular weight is 372 g/mol. The zero-order valence-electron chi connectivity index (χ0n) is 15.3. The van der Waals surface area contributed by atoms with Crippen molar-refractivity contribution >= 4 is 23.6 Å². The molecular formula is C22H20N4O2. The van der Waals surface area contributed by atoms with Gasteiger partial charge in [-0.25, -0.2) is 4.98 Å². The van der Waals surface area contributed by atoms with E-state index in [2.05, 4.69) is 20.6 Å². The lowest BCUT2D eigenvalue weighted by atomic mass is 9.96. The zero-order chi connectivity index (χ0) is 19.3. The van der Waals surface area contributed by atoms with Crippen LogP contribution in [-0.4, -0.2) is 21.8 Å². The van der Waals surface area contributed by atoms with Crippen LogP contribution in [0.1, 0.15) is 44.8 Å². The number of carbonyl (C=O) groups excluding carboxylic acids is 2. The summed E-state index contributed by atoms with van der Waals surface area (Å²) in [6.07, 6.45) is 3.68. The van der Waals surface area contributed by atoms with Crippen molar-refractivity contribution in [2.75, 3.05) is 10.6 Å². The van der Waals surface area contributed by atoms with Gasteiger partial charge in [0.1, 0.15) is 5.82 Å². The molecule has 0 unspecified atom stereocenters. The van der Waals surface area contributed by atoms with Gasteiger partial charge in [-0.1, -0.05) is 36.4 Å². The summed E-state index contributed by atoms with van der Waals surface area (Å²) < 4.78 is 0. The molecule has 1 aliphatic rings. The molecule has 140 valence electrons. The Balaban J connectivity index is 1.63. The molecule has 6 heteroatoms. The largest absolute Gasteiger partial charge is 0.306 e. The highest BCUT2D eigenvalue weighted by molar-refractivity contribution is 6.05. The highest BCUT2D eigenvalue weighted by atomic mass is 16.2. The van der Waals surface area contributed by atoms with E-state index in [0.29, 0.717) is 16.9 Å². The molecule has 2 N–H and O–H groups in total. The number of hydrogen-bond acceptors (Lipinski definition) is 4.